The molecule has 7 heteroatoms. The summed E-state index contributed by atoms with van der Waals surface area (Å²) in [5.74, 6) is 0. The topological polar surface area (TPSA) is 98.0 Å². The number of phosphoric acid groups is 1. The van der Waals surface area contributed by atoms with Gasteiger partial charge in [-0.05, 0) is 6.92 Å². The first-order chi connectivity index (χ1) is 3.73. The molecule has 0 aromatic carbocycles. The van der Waals surface area contributed by atoms with E-state index in [9.17, 15) is 0 Å². The Bertz CT molecular complexity index is 86.1. The standard InChI is InChI=1S/C2H6OS.H3O4P/c1-2(3)4;1-5(2,3)4/h2-4H,1H3;(H3,1,2,3,4). The van der Waals surface area contributed by atoms with E-state index in [1.165, 1.54) is 0 Å². The zero-order valence-corrected chi connectivity index (χ0v) is 6.46. The number of rotatable bonds is 0. The van der Waals surface area contributed by atoms with Crippen molar-refractivity contribution in [2.45, 2.75) is 12.4 Å². The molecule has 0 aliphatic heterocycles. The van der Waals surface area contributed by atoms with Gasteiger partial charge in [0.2, 0.25) is 0 Å². The average Bonchev–Trinajstić information content (AvgIpc) is 1.19. The molecule has 4 N–H and O–H groups in total. The van der Waals surface area contributed by atoms with E-state index in [0.717, 1.165) is 0 Å². The number of thiol groups is 1. The molecule has 0 aliphatic rings. The van der Waals surface area contributed by atoms with Crippen molar-refractivity contribution in [3.63, 3.8) is 0 Å². The summed E-state index contributed by atoms with van der Waals surface area (Å²) in [5, 5.41) is 7.92. The summed E-state index contributed by atoms with van der Waals surface area (Å²) in [6, 6.07) is 0. The van der Waals surface area contributed by atoms with Crippen molar-refractivity contribution >= 4 is 20.5 Å². The highest BCUT2D eigenvalue weighted by molar-refractivity contribution is 7.80. The molecule has 0 spiro atoms. The van der Waals surface area contributed by atoms with Crippen LogP contribution in [-0.4, -0.2) is 25.2 Å². The quantitative estimate of drug-likeness (QED) is 0.191. The van der Waals surface area contributed by atoms with Gasteiger partial charge in [-0.1, -0.05) is 0 Å². The third-order valence-corrected chi connectivity index (χ3v) is 0. The van der Waals surface area contributed by atoms with Gasteiger partial charge in [-0.25, -0.2) is 4.57 Å². The van der Waals surface area contributed by atoms with E-state index in [1.807, 2.05) is 0 Å². The van der Waals surface area contributed by atoms with Crippen LogP contribution in [-0.2, 0) is 4.57 Å². The summed E-state index contributed by atoms with van der Waals surface area (Å²) in [7, 11) is -4.64. The maximum absolute atomic E-state index is 8.88. The monoisotopic (exact) mass is 176 g/mol. The van der Waals surface area contributed by atoms with Crippen molar-refractivity contribution in [1.29, 1.82) is 0 Å². The summed E-state index contributed by atoms with van der Waals surface area (Å²) in [5.41, 5.74) is -0.472. The Balaban J connectivity index is 0. The van der Waals surface area contributed by atoms with Crippen molar-refractivity contribution in [3.8, 4) is 0 Å². The van der Waals surface area contributed by atoms with E-state index in [0.29, 0.717) is 0 Å². The highest BCUT2D eigenvalue weighted by Crippen LogP contribution is 2.25. The van der Waals surface area contributed by atoms with Crippen LogP contribution in [0.4, 0.5) is 0 Å². The van der Waals surface area contributed by atoms with Crippen LogP contribution in [0.3, 0.4) is 0 Å². The Morgan fingerprint density at radius 3 is 1.44 bits per heavy atom. The largest absolute Gasteiger partial charge is 0.466 e. The van der Waals surface area contributed by atoms with E-state index < -0.39 is 13.3 Å². The number of hydrogen-bond acceptors (Lipinski definition) is 3. The fraction of sp³-hybridized carbons (Fsp3) is 1.00. The lowest BCUT2D eigenvalue weighted by Crippen LogP contribution is -1.79. The minimum atomic E-state index is -4.64. The number of aliphatic hydroxyl groups is 1. The molecule has 1 unspecified atom stereocenters. The van der Waals surface area contributed by atoms with Crippen molar-refractivity contribution in [1.82, 2.24) is 0 Å². The first-order valence-electron chi connectivity index (χ1n) is 1.88. The molecule has 0 saturated carbocycles. The molecule has 1 atom stereocenters. The van der Waals surface area contributed by atoms with Gasteiger partial charge in [0.1, 0.15) is 0 Å². The van der Waals surface area contributed by atoms with Crippen molar-refractivity contribution in [2.75, 3.05) is 0 Å². The number of aliphatic hydroxyl groups excluding tert-OH is 1. The molecule has 0 bridgehead atoms. The van der Waals surface area contributed by atoms with E-state index in [-0.39, 0.29) is 0 Å². The SMILES string of the molecule is CC(O)S.O=P(O)(O)O. The van der Waals surface area contributed by atoms with Crippen LogP contribution >= 0.6 is 20.5 Å². The molecular weight excluding hydrogens is 167 g/mol. The molecule has 0 heterocycles. The second-order valence-corrected chi connectivity index (χ2v) is 2.92. The van der Waals surface area contributed by atoms with E-state index in [2.05, 4.69) is 12.6 Å². The summed E-state index contributed by atoms with van der Waals surface area (Å²) in [6.45, 7) is 1.59. The van der Waals surface area contributed by atoms with E-state index in [4.69, 9.17) is 24.4 Å². The van der Waals surface area contributed by atoms with Crippen LogP contribution in [0, 0.1) is 0 Å². The van der Waals surface area contributed by atoms with Crippen LogP contribution in [0.25, 0.3) is 0 Å². The van der Waals surface area contributed by atoms with Crippen molar-refractivity contribution < 1.29 is 24.4 Å². The highest BCUT2D eigenvalue weighted by atomic mass is 32.1. The van der Waals surface area contributed by atoms with Gasteiger partial charge < -0.3 is 19.8 Å². The molecule has 0 amide bonds. The molecule has 9 heavy (non-hydrogen) atoms. The Hall–Kier alpha value is 0.420. The van der Waals surface area contributed by atoms with Gasteiger partial charge in [-0.15, -0.1) is 12.6 Å². The maximum atomic E-state index is 8.88. The first-order valence-corrected chi connectivity index (χ1v) is 3.96. The van der Waals surface area contributed by atoms with Gasteiger partial charge >= 0.3 is 7.82 Å². The second kappa shape index (κ2) is 5.22. The third kappa shape index (κ3) is 1970. The second-order valence-electron chi connectivity index (χ2n) is 1.15. The molecule has 0 aromatic heterocycles. The molecule has 0 aliphatic carbocycles. The lowest BCUT2D eigenvalue weighted by molar-refractivity contribution is 0.275. The van der Waals surface area contributed by atoms with Gasteiger partial charge in [0.15, 0.2) is 0 Å². The molecule has 58 valence electrons. The Labute approximate surface area is 58.0 Å². The molecule has 0 aromatic rings. The van der Waals surface area contributed by atoms with Crippen LogP contribution in [0.1, 0.15) is 6.92 Å². The molecule has 0 saturated heterocycles. The smallest absolute Gasteiger partial charge is 0.383 e. The van der Waals surface area contributed by atoms with Crippen LogP contribution in [0.2, 0.25) is 0 Å². The summed E-state index contributed by atoms with van der Waals surface area (Å²) >= 11 is 3.52. The Morgan fingerprint density at radius 2 is 1.44 bits per heavy atom. The zero-order chi connectivity index (χ0) is 8.08. The third-order valence-electron chi connectivity index (χ3n) is 0. The predicted octanol–water partition coefficient (Wildman–Crippen LogP) is -0.674. The Kier molecular flexibility index (Phi) is 7.04. The molecule has 0 rings (SSSR count). The lowest BCUT2D eigenvalue weighted by atomic mass is 10.9. The van der Waals surface area contributed by atoms with Crippen molar-refractivity contribution in [3.05, 3.63) is 0 Å². The fourth-order valence-electron chi connectivity index (χ4n) is 0. The van der Waals surface area contributed by atoms with Gasteiger partial charge in [0.25, 0.3) is 0 Å². The fourth-order valence-corrected chi connectivity index (χ4v) is 0. The maximum Gasteiger partial charge on any atom is 0.466 e. The van der Waals surface area contributed by atoms with Gasteiger partial charge in [0.05, 0.1) is 5.44 Å². The molecule has 5 nitrogen and oxygen atoms in total. The predicted molar refractivity (Wildman–Crippen MR) is 34.9 cm³/mol. The minimum Gasteiger partial charge on any atom is -0.383 e. The molecular formula is C2H9O5PS. The summed E-state index contributed by atoms with van der Waals surface area (Å²) in [4.78, 5) is 21.6. The average molecular weight is 176 g/mol. The van der Waals surface area contributed by atoms with Gasteiger partial charge in [-0.2, -0.15) is 0 Å². The van der Waals surface area contributed by atoms with Crippen LogP contribution in [0.5, 0.6) is 0 Å². The summed E-state index contributed by atoms with van der Waals surface area (Å²) in [6.07, 6.45) is 0. The zero-order valence-electron chi connectivity index (χ0n) is 4.67. The normalized spacial score (nSPS) is 13.6. The highest BCUT2D eigenvalue weighted by Gasteiger charge is 2.00. The van der Waals surface area contributed by atoms with Gasteiger partial charge in [-0.3, -0.25) is 0 Å². The molecule has 0 fully saturated rings. The van der Waals surface area contributed by atoms with Crippen molar-refractivity contribution in [2.24, 2.45) is 0 Å². The van der Waals surface area contributed by atoms with E-state index in [1.54, 1.807) is 6.92 Å². The van der Waals surface area contributed by atoms with Crippen LogP contribution < -0.4 is 0 Å². The van der Waals surface area contributed by atoms with Gasteiger partial charge in [0, 0.05) is 0 Å². The number of hydrogen-bond donors (Lipinski definition) is 5. The Morgan fingerprint density at radius 1 is 1.44 bits per heavy atom. The van der Waals surface area contributed by atoms with Crippen LogP contribution in [0.15, 0.2) is 0 Å². The minimum absolute atomic E-state index is 0.472. The lowest BCUT2D eigenvalue weighted by Gasteiger charge is -1.82. The van der Waals surface area contributed by atoms with E-state index >= 15 is 0 Å². The molecule has 0 radical (unpaired) electrons. The summed E-state index contributed by atoms with van der Waals surface area (Å²) < 4.78 is 8.88. The first kappa shape index (κ1) is 12.1.